The van der Waals surface area contributed by atoms with E-state index in [0.717, 1.165) is 0 Å². The first-order chi connectivity index (χ1) is 3.30. The van der Waals surface area contributed by atoms with Crippen LogP contribution in [-0.4, -0.2) is 9.19 Å². The van der Waals surface area contributed by atoms with Crippen LogP contribution in [0, 0.1) is 4.64 Å². The Morgan fingerprint density at radius 3 is 2.71 bits per heavy atom. The molecule has 0 aliphatic heterocycles. The quantitative estimate of drug-likeness (QED) is 0.402. The lowest BCUT2D eigenvalue weighted by atomic mass is 10.8. The Kier molecular flexibility index (Phi) is 1.21. The van der Waals surface area contributed by atoms with Gasteiger partial charge in [-0.25, -0.2) is 4.09 Å². The van der Waals surface area contributed by atoms with Crippen molar-refractivity contribution in [3.8, 4) is 0 Å². The minimum absolute atomic E-state index is 0.698. The van der Waals surface area contributed by atoms with Crippen LogP contribution >= 0.6 is 25.0 Å². The second-order valence-electron chi connectivity index (χ2n) is 1.11. The molecule has 1 heterocycles. The van der Waals surface area contributed by atoms with E-state index in [-0.39, 0.29) is 0 Å². The normalized spacial score (nSPS) is 9.29. The molecule has 0 atom stereocenters. The summed E-state index contributed by atoms with van der Waals surface area (Å²) in [5.41, 5.74) is 0. The summed E-state index contributed by atoms with van der Waals surface area (Å²) in [6.07, 6.45) is 1.73. The lowest BCUT2D eigenvalue weighted by Gasteiger charge is -1.80. The van der Waals surface area contributed by atoms with Crippen molar-refractivity contribution in [2.24, 2.45) is 0 Å². The minimum atomic E-state index is 0.698. The summed E-state index contributed by atoms with van der Waals surface area (Å²) in [5, 5.41) is 2.74. The third kappa shape index (κ3) is 0.863. The van der Waals surface area contributed by atoms with E-state index in [4.69, 9.17) is 12.2 Å². The molecule has 0 aliphatic rings. The van der Waals surface area contributed by atoms with E-state index >= 15 is 0 Å². The van der Waals surface area contributed by atoms with Gasteiger partial charge in [0.25, 0.3) is 0 Å². The predicted molar refractivity (Wildman–Crippen MR) is 34.0 cm³/mol. The fraction of sp³-hybridized carbons (Fsp3) is 0. The average Bonchev–Trinajstić information content (AvgIpc) is 1.91. The van der Waals surface area contributed by atoms with Crippen molar-refractivity contribution < 1.29 is 0 Å². The highest BCUT2D eigenvalue weighted by Crippen LogP contribution is 1.88. The van der Waals surface area contributed by atoms with Crippen LogP contribution in [0.25, 0.3) is 0 Å². The largest absolute Gasteiger partial charge is 0.295 e. The molecule has 38 valence electrons. The number of hydrogen-bond acceptors (Lipinski definition) is 2. The first-order valence-corrected chi connectivity index (χ1v) is 2.57. The van der Waals surface area contributed by atoms with E-state index in [2.05, 4.69) is 17.9 Å². The zero-order chi connectivity index (χ0) is 5.28. The monoisotopic (exact) mass is 132 g/mol. The van der Waals surface area contributed by atoms with Crippen molar-refractivity contribution in [1.82, 2.24) is 9.19 Å². The van der Waals surface area contributed by atoms with Gasteiger partial charge in [-0.15, -0.1) is 0 Å². The molecule has 0 unspecified atom stereocenters. The van der Waals surface area contributed by atoms with Crippen LogP contribution < -0.4 is 0 Å². The molecule has 1 N–H and O–H groups in total. The van der Waals surface area contributed by atoms with Crippen LogP contribution in [0.3, 0.4) is 0 Å². The van der Waals surface area contributed by atoms with E-state index in [1.807, 2.05) is 0 Å². The molecule has 1 aromatic heterocycles. The Morgan fingerprint density at radius 2 is 2.57 bits per heavy atom. The number of H-pyrrole nitrogens is 1. The van der Waals surface area contributed by atoms with Gasteiger partial charge in [-0.3, -0.25) is 5.10 Å². The Bertz CT molecular complexity index is 199. The summed E-state index contributed by atoms with van der Waals surface area (Å²) in [7, 11) is 0. The zero-order valence-corrected chi connectivity index (χ0v) is 5.17. The van der Waals surface area contributed by atoms with E-state index in [1.165, 1.54) is 4.09 Å². The van der Waals surface area contributed by atoms with Crippen molar-refractivity contribution in [2.45, 2.75) is 0 Å². The Labute approximate surface area is 51.7 Å². The number of aromatic amines is 1. The standard InChI is InChI=1S/C3H4N2S2/c6-3-1-2-4-5(3)7/h1-2,4,7H. The van der Waals surface area contributed by atoms with Crippen LogP contribution in [0.15, 0.2) is 12.3 Å². The number of hydrogen-bond donors (Lipinski definition) is 2. The SMILES string of the molecule is S=c1cc[nH]n1S. The summed E-state index contributed by atoms with van der Waals surface area (Å²) in [4.78, 5) is 0. The van der Waals surface area contributed by atoms with Crippen LogP contribution in [-0.2, 0) is 0 Å². The summed E-state index contributed by atoms with van der Waals surface area (Å²) in [6, 6.07) is 1.77. The predicted octanol–water partition coefficient (Wildman–Crippen LogP) is 1.24. The number of thiol groups is 1. The molecule has 4 heteroatoms. The van der Waals surface area contributed by atoms with Gasteiger partial charge in [0.05, 0.1) is 0 Å². The molecule has 0 radical (unpaired) electrons. The van der Waals surface area contributed by atoms with Gasteiger partial charge in [0, 0.05) is 6.20 Å². The van der Waals surface area contributed by atoms with Crippen LogP contribution in [0.1, 0.15) is 0 Å². The molecule has 0 aliphatic carbocycles. The van der Waals surface area contributed by atoms with E-state index in [9.17, 15) is 0 Å². The molecule has 0 bridgehead atoms. The van der Waals surface area contributed by atoms with Gasteiger partial charge < -0.3 is 0 Å². The fourth-order valence-electron chi connectivity index (χ4n) is 0.313. The maximum atomic E-state index is 4.74. The summed E-state index contributed by atoms with van der Waals surface area (Å²) in [5.74, 6) is 0. The topological polar surface area (TPSA) is 20.7 Å². The second-order valence-corrected chi connectivity index (χ2v) is 1.93. The number of nitrogens with zero attached hydrogens (tertiary/aromatic N) is 1. The molecule has 0 aromatic carbocycles. The highest BCUT2D eigenvalue weighted by molar-refractivity contribution is 7.79. The van der Waals surface area contributed by atoms with Crippen molar-refractivity contribution in [3.63, 3.8) is 0 Å². The van der Waals surface area contributed by atoms with E-state index in [0.29, 0.717) is 4.64 Å². The maximum Gasteiger partial charge on any atom is 0.134 e. The van der Waals surface area contributed by atoms with Crippen LogP contribution in [0.2, 0.25) is 0 Å². The van der Waals surface area contributed by atoms with Crippen LogP contribution in [0.4, 0.5) is 0 Å². The van der Waals surface area contributed by atoms with Crippen molar-refractivity contribution in [3.05, 3.63) is 16.9 Å². The molecule has 0 spiro atoms. The lowest BCUT2D eigenvalue weighted by Crippen LogP contribution is -1.77. The fourth-order valence-corrected chi connectivity index (χ4v) is 0.567. The molecule has 1 aromatic rings. The smallest absolute Gasteiger partial charge is 0.134 e. The maximum absolute atomic E-state index is 4.74. The molecular formula is C3H4N2S2. The minimum Gasteiger partial charge on any atom is -0.295 e. The molecule has 2 nitrogen and oxygen atoms in total. The summed E-state index contributed by atoms with van der Waals surface area (Å²) >= 11 is 8.65. The van der Waals surface area contributed by atoms with Gasteiger partial charge in [-0.2, -0.15) is 0 Å². The number of nitrogens with one attached hydrogen (secondary N) is 1. The number of rotatable bonds is 0. The second kappa shape index (κ2) is 1.71. The first-order valence-electron chi connectivity index (χ1n) is 1.76. The van der Waals surface area contributed by atoms with E-state index < -0.39 is 0 Å². The molecule has 0 saturated heterocycles. The zero-order valence-electron chi connectivity index (χ0n) is 3.46. The Morgan fingerprint density at radius 1 is 1.86 bits per heavy atom. The first kappa shape index (κ1) is 4.93. The third-order valence-electron chi connectivity index (χ3n) is 0.631. The van der Waals surface area contributed by atoms with Crippen molar-refractivity contribution in [2.75, 3.05) is 0 Å². The van der Waals surface area contributed by atoms with Gasteiger partial charge >= 0.3 is 0 Å². The molecule has 7 heavy (non-hydrogen) atoms. The summed E-state index contributed by atoms with van der Waals surface area (Å²) < 4.78 is 2.17. The lowest BCUT2D eigenvalue weighted by molar-refractivity contribution is 1.01. The number of aromatic nitrogens is 2. The molecule has 1 rings (SSSR count). The third-order valence-corrected chi connectivity index (χ3v) is 1.42. The highest BCUT2D eigenvalue weighted by Gasteiger charge is 1.77. The highest BCUT2D eigenvalue weighted by atomic mass is 32.1. The van der Waals surface area contributed by atoms with Crippen molar-refractivity contribution >= 4 is 25.0 Å². The molecule has 0 amide bonds. The summed E-state index contributed by atoms with van der Waals surface area (Å²) in [6.45, 7) is 0. The van der Waals surface area contributed by atoms with Crippen LogP contribution in [0.5, 0.6) is 0 Å². The van der Waals surface area contributed by atoms with Gasteiger partial charge in [0.2, 0.25) is 0 Å². The van der Waals surface area contributed by atoms with Gasteiger partial charge in [0.1, 0.15) is 4.64 Å². The van der Waals surface area contributed by atoms with Gasteiger partial charge in [-0.1, -0.05) is 12.2 Å². The van der Waals surface area contributed by atoms with E-state index in [1.54, 1.807) is 12.3 Å². The molecular weight excluding hydrogens is 128 g/mol. The average molecular weight is 132 g/mol. The van der Waals surface area contributed by atoms with Gasteiger partial charge in [0.15, 0.2) is 0 Å². The Hall–Kier alpha value is -0.220. The molecule has 0 saturated carbocycles. The molecule has 0 fully saturated rings. The van der Waals surface area contributed by atoms with Gasteiger partial charge in [-0.05, 0) is 18.9 Å². The van der Waals surface area contributed by atoms with Crippen molar-refractivity contribution in [1.29, 1.82) is 0 Å². The Balaban J connectivity index is 3.39.